The van der Waals surface area contributed by atoms with Gasteiger partial charge < -0.3 is 9.42 Å². The Bertz CT molecular complexity index is 887. The molecule has 0 aliphatic heterocycles. The van der Waals surface area contributed by atoms with Crippen molar-refractivity contribution in [2.24, 2.45) is 0 Å². The number of aromatic nitrogens is 2. The summed E-state index contributed by atoms with van der Waals surface area (Å²) < 4.78 is 5.35. The van der Waals surface area contributed by atoms with Crippen molar-refractivity contribution in [1.82, 2.24) is 15.0 Å². The van der Waals surface area contributed by atoms with Crippen molar-refractivity contribution in [3.8, 4) is 11.4 Å². The van der Waals surface area contributed by atoms with Crippen molar-refractivity contribution in [2.45, 2.75) is 19.9 Å². The Labute approximate surface area is 153 Å². The van der Waals surface area contributed by atoms with Gasteiger partial charge in [0, 0.05) is 12.1 Å². The number of carbonyl (C=O) groups excluding carboxylic acids is 1. The van der Waals surface area contributed by atoms with Gasteiger partial charge in [0.2, 0.25) is 17.6 Å². The molecule has 0 N–H and O–H groups in total. The maximum Gasteiger partial charge on any atom is 0.246 e. The summed E-state index contributed by atoms with van der Waals surface area (Å²) in [4.78, 5) is 18.7. The van der Waals surface area contributed by atoms with Crippen LogP contribution in [0.4, 0.5) is 0 Å². The third-order valence-corrected chi connectivity index (χ3v) is 3.97. The summed E-state index contributed by atoms with van der Waals surface area (Å²) in [6, 6.07) is 17.5. The van der Waals surface area contributed by atoms with E-state index in [0.717, 1.165) is 16.7 Å². The van der Waals surface area contributed by atoms with Crippen LogP contribution in [0.25, 0.3) is 11.4 Å². The van der Waals surface area contributed by atoms with E-state index in [-0.39, 0.29) is 12.5 Å². The summed E-state index contributed by atoms with van der Waals surface area (Å²) in [6.45, 7) is 6.43. The standard InChI is InChI=1S/C21H21N3O2/c1-3-12-24(20(25)14-17-9-5-4-6-10-17)15-19-22-21(23-26-19)18-11-7-8-16(2)13-18/h3-11,13H,1,12,14-15H2,2H3. The summed E-state index contributed by atoms with van der Waals surface area (Å²) in [5.41, 5.74) is 2.99. The normalized spacial score (nSPS) is 10.5. The highest BCUT2D eigenvalue weighted by atomic mass is 16.5. The fourth-order valence-electron chi connectivity index (χ4n) is 2.68. The molecule has 0 unspecified atom stereocenters. The van der Waals surface area contributed by atoms with Crippen LogP contribution in [0.3, 0.4) is 0 Å². The van der Waals surface area contributed by atoms with Crippen molar-refractivity contribution in [1.29, 1.82) is 0 Å². The maximum atomic E-state index is 12.6. The molecule has 1 heterocycles. The first-order valence-corrected chi connectivity index (χ1v) is 8.48. The van der Waals surface area contributed by atoms with Crippen molar-refractivity contribution < 1.29 is 9.32 Å². The Kier molecular flexibility index (Phi) is 5.59. The molecule has 0 aliphatic rings. The summed E-state index contributed by atoms with van der Waals surface area (Å²) in [6.07, 6.45) is 2.02. The smallest absolute Gasteiger partial charge is 0.246 e. The molecular formula is C21H21N3O2. The van der Waals surface area contributed by atoms with Gasteiger partial charge in [0.05, 0.1) is 6.42 Å². The molecule has 0 spiro atoms. The van der Waals surface area contributed by atoms with Gasteiger partial charge >= 0.3 is 0 Å². The minimum atomic E-state index is -0.00796. The molecule has 1 aromatic heterocycles. The minimum Gasteiger partial charge on any atom is -0.337 e. The van der Waals surface area contributed by atoms with Crippen molar-refractivity contribution >= 4 is 5.91 Å². The van der Waals surface area contributed by atoms with Gasteiger partial charge in [-0.2, -0.15) is 4.98 Å². The Morgan fingerprint density at radius 1 is 1.19 bits per heavy atom. The van der Waals surface area contributed by atoms with Crippen LogP contribution in [-0.2, 0) is 17.8 Å². The van der Waals surface area contributed by atoms with Gasteiger partial charge in [0.1, 0.15) is 6.54 Å². The Morgan fingerprint density at radius 3 is 2.73 bits per heavy atom. The molecule has 0 saturated carbocycles. The molecule has 132 valence electrons. The second-order valence-corrected chi connectivity index (χ2v) is 6.11. The number of nitrogens with zero attached hydrogens (tertiary/aromatic N) is 3. The van der Waals surface area contributed by atoms with Gasteiger partial charge in [-0.05, 0) is 18.6 Å². The molecule has 1 amide bonds. The molecule has 5 heteroatoms. The van der Waals surface area contributed by atoms with Crippen LogP contribution in [0, 0.1) is 6.92 Å². The quantitative estimate of drug-likeness (QED) is 0.610. The second-order valence-electron chi connectivity index (χ2n) is 6.11. The van der Waals surface area contributed by atoms with Gasteiger partial charge in [0.15, 0.2) is 0 Å². The largest absolute Gasteiger partial charge is 0.337 e. The number of rotatable bonds is 7. The third-order valence-electron chi connectivity index (χ3n) is 3.97. The minimum absolute atomic E-state index is 0.00796. The highest BCUT2D eigenvalue weighted by molar-refractivity contribution is 5.78. The Balaban J connectivity index is 1.72. The maximum absolute atomic E-state index is 12.6. The first kappa shape index (κ1) is 17.6. The van der Waals surface area contributed by atoms with E-state index in [9.17, 15) is 4.79 Å². The summed E-state index contributed by atoms with van der Waals surface area (Å²) >= 11 is 0. The third kappa shape index (κ3) is 4.45. The lowest BCUT2D eigenvalue weighted by Crippen LogP contribution is -2.32. The van der Waals surface area contributed by atoms with Crippen LogP contribution in [0.5, 0.6) is 0 Å². The fourth-order valence-corrected chi connectivity index (χ4v) is 2.68. The van der Waals surface area contributed by atoms with Crippen molar-refractivity contribution in [2.75, 3.05) is 6.54 Å². The number of hydrogen-bond donors (Lipinski definition) is 0. The lowest BCUT2D eigenvalue weighted by Gasteiger charge is -2.19. The van der Waals surface area contributed by atoms with E-state index in [4.69, 9.17) is 4.52 Å². The molecule has 3 aromatic rings. The topological polar surface area (TPSA) is 59.2 Å². The summed E-state index contributed by atoms with van der Waals surface area (Å²) in [5.74, 6) is 0.925. The lowest BCUT2D eigenvalue weighted by molar-refractivity contribution is -0.130. The zero-order valence-corrected chi connectivity index (χ0v) is 14.8. The van der Waals surface area contributed by atoms with E-state index in [1.807, 2.05) is 61.5 Å². The lowest BCUT2D eigenvalue weighted by atomic mass is 10.1. The number of carbonyl (C=O) groups is 1. The Hall–Kier alpha value is -3.21. The van der Waals surface area contributed by atoms with Gasteiger partial charge in [-0.25, -0.2) is 0 Å². The summed E-state index contributed by atoms with van der Waals surface area (Å²) in [7, 11) is 0. The van der Waals surface area contributed by atoms with Crippen LogP contribution in [0.15, 0.2) is 71.8 Å². The molecule has 5 nitrogen and oxygen atoms in total. The number of hydrogen-bond acceptors (Lipinski definition) is 4. The molecule has 0 aliphatic carbocycles. The molecule has 0 fully saturated rings. The second kappa shape index (κ2) is 8.25. The molecule has 0 radical (unpaired) electrons. The van der Waals surface area contributed by atoms with Gasteiger partial charge in [-0.3, -0.25) is 4.79 Å². The van der Waals surface area contributed by atoms with E-state index in [0.29, 0.717) is 24.7 Å². The highest BCUT2D eigenvalue weighted by Gasteiger charge is 2.17. The van der Waals surface area contributed by atoms with Gasteiger partial charge in [0.25, 0.3) is 0 Å². The zero-order valence-electron chi connectivity index (χ0n) is 14.8. The van der Waals surface area contributed by atoms with Crippen molar-refractivity contribution in [3.63, 3.8) is 0 Å². The summed E-state index contributed by atoms with van der Waals surface area (Å²) in [5, 5.41) is 4.03. The molecule has 26 heavy (non-hydrogen) atoms. The average molecular weight is 347 g/mol. The van der Waals surface area contributed by atoms with E-state index >= 15 is 0 Å². The van der Waals surface area contributed by atoms with Gasteiger partial charge in [-0.1, -0.05) is 65.3 Å². The molecular weight excluding hydrogens is 326 g/mol. The van der Waals surface area contributed by atoms with Crippen molar-refractivity contribution in [3.05, 3.63) is 84.3 Å². The highest BCUT2D eigenvalue weighted by Crippen LogP contribution is 2.18. The first-order valence-electron chi connectivity index (χ1n) is 8.48. The van der Waals surface area contributed by atoms with E-state index in [1.54, 1.807) is 11.0 Å². The molecule has 0 saturated heterocycles. The fraction of sp³-hybridized carbons (Fsp3) is 0.190. The number of benzene rings is 2. The van der Waals surface area contributed by atoms with Gasteiger partial charge in [-0.15, -0.1) is 6.58 Å². The SMILES string of the molecule is C=CCN(Cc1nc(-c2cccc(C)c2)no1)C(=O)Cc1ccccc1. The van der Waals surface area contributed by atoms with Crippen LogP contribution < -0.4 is 0 Å². The molecule has 0 atom stereocenters. The zero-order chi connectivity index (χ0) is 18.4. The predicted molar refractivity (Wildman–Crippen MR) is 100 cm³/mol. The van der Waals surface area contributed by atoms with Crippen LogP contribution >= 0.6 is 0 Å². The first-order chi connectivity index (χ1) is 12.7. The predicted octanol–water partition coefficient (Wildman–Crippen LogP) is 3.80. The van der Waals surface area contributed by atoms with Crippen LogP contribution in [-0.4, -0.2) is 27.5 Å². The molecule has 3 rings (SSSR count). The van der Waals surface area contributed by atoms with E-state index in [1.165, 1.54) is 0 Å². The average Bonchev–Trinajstić information content (AvgIpc) is 3.11. The number of amides is 1. The molecule has 0 bridgehead atoms. The molecule has 2 aromatic carbocycles. The van der Waals surface area contributed by atoms with Crippen LogP contribution in [0.1, 0.15) is 17.0 Å². The monoisotopic (exact) mass is 347 g/mol. The Morgan fingerprint density at radius 2 is 2.00 bits per heavy atom. The number of aryl methyl sites for hydroxylation is 1. The van der Waals surface area contributed by atoms with E-state index < -0.39 is 0 Å². The van der Waals surface area contributed by atoms with Crippen LogP contribution in [0.2, 0.25) is 0 Å². The van der Waals surface area contributed by atoms with E-state index in [2.05, 4.69) is 16.7 Å².